The molecule has 18 heavy (non-hydrogen) atoms. The van der Waals surface area contributed by atoms with Crippen LogP contribution in [0.5, 0.6) is 0 Å². The van der Waals surface area contributed by atoms with Crippen LogP contribution in [0.15, 0.2) is 18.2 Å². The van der Waals surface area contributed by atoms with Crippen molar-refractivity contribution in [3.63, 3.8) is 0 Å². The number of hydrogen-bond donors (Lipinski definition) is 1. The van der Waals surface area contributed by atoms with E-state index in [0.717, 1.165) is 6.54 Å². The number of hydrogen-bond acceptors (Lipinski definition) is 2. The van der Waals surface area contributed by atoms with Crippen molar-refractivity contribution in [3.8, 4) is 0 Å². The smallest absolute Gasteiger partial charge is 0.129 e. The second kappa shape index (κ2) is 6.50. The lowest BCUT2D eigenvalue weighted by Gasteiger charge is -2.24. The van der Waals surface area contributed by atoms with Gasteiger partial charge in [0.25, 0.3) is 0 Å². The third kappa shape index (κ3) is 3.67. The summed E-state index contributed by atoms with van der Waals surface area (Å²) in [5.74, 6) is -0.233. The molecule has 0 amide bonds. The molecule has 1 aromatic carbocycles. The molecule has 1 fully saturated rings. The first-order valence-electron chi connectivity index (χ1n) is 6.55. The molecule has 1 aromatic rings. The van der Waals surface area contributed by atoms with Crippen LogP contribution in [0.3, 0.4) is 0 Å². The summed E-state index contributed by atoms with van der Waals surface area (Å²) in [5.41, 5.74) is 0.674. The van der Waals surface area contributed by atoms with Crippen LogP contribution in [0.1, 0.15) is 25.3 Å². The summed E-state index contributed by atoms with van der Waals surface area (Å²) in [6.07, 6.45) is 2.60. The Labute approximate surface area is 113 Å². The van der Waals surface area contributed by atoms with Crippen LogP contribution in [-0.2, 0) is 6.54 Å². The Morgan fingerprint density at radius 2 is 2.11 bits per heavy atom. The van der Waals surface area contributed by atoms with Crippen LogP contribution in [-0.4, -0.2) is 30.6 Å². The van der Waals surface area contributed by atoms with Gasteiger partial charge in [-0.3, -0.25) is 4.90 Å². The number of rotatable bonds is 5. The van der Waals surface area contributed by atoms with E-state index in [0.29, 0.717) is 23.2 Å². The van der Waals surface area contributed by atoms with Gasteiger partial charge < -0.3 is 5.32 Å². The van der Waals surface area contributed by atoms with E-state index < -0.39 is 0 Å². The first kappa shape index (κ1) is 13.8. The molecule has 1 atom stereocenters. The second-order valence-corrected chi connectivity index (χ2v) is 5.40. The van der Waals surface area contributed by atoms with Gasteiger partial charge in [0.2, 0.25) is 0 Å². The standard InChI is InChI=1S/C14H20ClFN2/c1-11(18-6-2-3-7-18)9-17-10-12-4-5-13(15)8-14(12)16/h4-5,8,11,17H,2-3,6-7,9-10H2,1H3. The summed E-state index contributed by atoms with van der Waals surface area (Å²) in [5, 5.41) is 3.76. The fourth-order valence-corrected chi connectivity index (χ4v) is 2.55. The molecule has 0 bridgehead atoms. The van der Waals surface area contributed by atoms with Gasteiger partial charge in [-0.05, 0) is 45.0 Å². The Bertz CT molecular complexity index is 391. The number of halogens is 2. The van der Waals surface area contributed by atoms with Crippen molar-refractivity contribution in [1.29, 1.82) is 0 Å². The first-order valence-corrected chi connectivity index (χ1v) is 6.93. The maximum absolute atomic E-state index is 13.5. The first-order chi connectivity index (χ1) is 8.66. The van der Waals surface area contributed by atoms with E-state index >= 15 is 0 Å². The zero-order chi connectivity index (χ0) is 13.0. The Morgan fingerprint density at radius 3 is 2.78 bits per heavy atom. The molecule has 1 saturated heterocycles. The molecular formula is C14H20ClFN2. The molecule has 0 radical (unpaired) electrons. The van der Waals surface area contributed by atoms with Gasteiger partial charge in [0.1, 0.15) is 5.82 Å². The quantitative estimate of drug-likeness (QED) is 0.885. The van der Waals surface area contributed by atoms with E-state index in [2.05, 4.69) is 17.1 Å². The van der Waals surface area contributed by atoms with Crippen LogP contribution in [0.25, 0.3) is 0 Å². The molecule has 1 heterocycles. The van der Waals surface area contributed by atoms with Crippen molar-refractivity contribution in [2.75, 3.05) is 19.6 Å². The molecule has 100 valence electrons. The highest BCUT2D eigenvalue weighted by Gasteiger charge is 2.17. The maximum Gasteiger partial charge on any atom is 0.129 e. The molecule has 0 spiro atoms. The Morgan fingerprint density at radius 1 is 1.39 bits per heavy atom. The largest absolute Gasteiger partial charge is 0.311 e. The van der Waals surface area contributed by atoms with Gasteiger partial charge in [0.15, 0.2) is 0 Å². The van der Waals surface area contributed by atoms with Gasteiger partial charge in [-0.25, -0.2) is 4.39 Å². The third-order valence-corrected chi connectivity index (χ3v) is 3.77. The van der Waals surface area contributed by atoms with Crippen LogP contribution >= 0.6 is 11.6 Å². The van der Waals surface area contributed by atoms with Gasteiger partial charge in [0, 0.05) is 29.7 Å². The van der Waals surface area contributed by atoms with Crippen molar-refractivity contribution in [1.82, 2.24) is 10.2 Å². The van der Waals surface area contributed by atoms with E-state index in [4.69, 9.17) is 11.6 Å². The third-order valence-electron chi connectivity index (χ3n) is 3.53. The van der Waals surface area contributed by atoms with Crippen LogP contribution in [0.2, 0.25) is 5.02 Å². The molecule has 0 aliphatic carbocycles. The fourth-order valence-electron chi connectivity index (χ4n) is 2.39. The summed E-state index contributed by atoms with van der Waals surface area (Å²) in [4.78, 5) is 2.48. The highest BCUT2D eigenvalue weighted by atomic mass is 35.5. The lowest BCUT2D eigenvalue weighted by Crippen LogP contribution is -2.38. The van der Waals surface area contributed by atoms with E-state index in [9.17, 15) is 4.39 Å². The topological polar surface area (TPSA) is 15.3 Å². The van der Waals surface area contributed by atoms with Crippen molar-refractivity contribution in [2.24, 2.45) is 0 Å². The molecule has 0 saturated carbocycles. The van der Waals surface area contributed by atoms with E-state index in [1.54, 1.807) is 12.1 Å². The molecular weight excluding hydrogens is 251 g/mol. The summed E-state index contributed by atoms with van der Waals surface area (Å²) >= 11 is 5.72. The predicted octanol–water partition coefficient (Wildman–Crippen LogP) is 3.05. The van der Waals surface area contributed by atoms with E-state index in [1.165, 1.54) is 32.0 Å². The molecule has 2 nitrogen and oxygen atoms in total. The summed E-state index contributed by atoms with van der Waals surface area (Å²) < 4.78 is 13.5. The Hall–Kier alpha value is -0.640. The van der Waals surface area contributed by atoms with Crippen molar-refractivity contribution < 1.29 is 4.39 Å². The zero-order valence-corrected chi connectivity index (χ0v) is 11.5. The minimum Gasteiger partial charge on any atom is -0.311 e. The number of benzene rings is 1. The highest BCUT2D eigenvalue weighted by Crippen LogP contribution is 2.15. The Balaban J connectivity index is 1.77. The van der Waals surface area contributed by atoms with Gasteiger partial charge in [0.05, 0.1) is 0 Å². The lowest BCUT2D eigenvalue weighted by atomic mass is 10.2. The number of nitrogens with one attached hydrogen (secondary N) is 1. The summed E-state index contributed by atoms with van der Waals surface area (Å²) in [6.45, 7) is 6.05. The van der Waals surface area contributed by atoms with Crippen molar-refractivity contribution in [3.05, 3.63) is 34.6 Å². The fraction of sp³-hybridized carbons (Fsp3) is 0.571. The van der Waals surface area contributed by atoms with E-state index in [-0.39, 0.29) is 5.82 Å². The second-order valence-electron chi connectivity index (χ2n) is 4.96. The predicted molar refractivity (Wildman–Crippen MR) is 73.4 cm³/mol. The average Bonchev–Trinajstić information content (AvgIpc) is 2.85. The minimum atomic E-state index is -0.233. The SMILES string of the molecule is CC(CNCc1ccc(Cl)cc1F)N1CCCC1. The van der Waals surface area contributed by atoms with Crippen LogP contribution < -0.4 is 5.32 Å². The molecule has 0 aromatic heterocycles. The normalized spacial score (nSPS) is 18.2. The molecule has 1 N–H and O–H groups in total. The molecule has 2 rings (SSSR count). The van der Waals surface area contributed by atoms with Gasteiger partial charge in [-0.2, -0.15) is 0 Å². The molecule has 1 aliphatic rings. The van der Waals surface area contributed by atoms with Gasteiger partial charge in [-0.1, -0.05) is 17.7 Å². The average molecular weight is 271 g/mol. The van der Waals surface area contributed by atoms with Gasteiger partial charge >= 0.3 is 0 Å². The number of likely N-dealkylation sites (tertiary alicyclic amines) is 1. The summed E-state index contributed by atoms with van der Waals surface area (Å²) in [6, 6.07) is 5.35. The monoisotopic (exact) mass is 270 g/mol. The summed E-state index contributed by atoms with van der Waals surface area (Å²) in [7, 11) is 0. The molecule has 4 heteroatoms. The molecule has 1 unspecified atom stereocenters. The Kier molecular flexibility index (Phi) is 4.98. The van der Waals surface area contributed by atoms with Crippen molar-refractivity contribution in [2.45, 2.75) is 32.4 Å². The maximum atomic E-state index is 13.5. The van der Waals surface area contributed by atoms with Crippen molar-refractivity contribution >= 4 is 11.6 Å². The lowest BCUT2D eigenvalue weighted by molar-refractivity contribution is 0.251. The van der Waals surface area contributed by atoms with Crippen LogP contribution in [0, 0.1) is 5.82 Å². The van der Waals surface area contributed by atoms with Gasteiger partial charge in [-0.15, -0.1) is 0 Å². The zero-order valence-electron chi connectivity index (χ0n) is 10.8. The molecule has 1 aliphatic heterocycles. The van der Waals surface area contributed by atoms with Crippen LogP contribution in [0.4, 0.5) is 4.39 Å². The highest BCUT2D eigenvalue weighted by molar-refractivity contribution is 6.30. The van der Waals surface area contributed by atoms with E-state index in [1.807, 2.05) is 0 Å². The minimum absolute atomic E-state index is 0.233. The number of nitrogens with zero attached hydrogens (tertiary/aromatic N) is 1.